The monoisotopic (exact) mass is 279 g/mol. The van der Waals surface area contributed by atoms with Gasteiger partial charge in [0.25, 0.3) is 0 Å². The highest BCUT2D eigenvalue weighted by molar-refractivity contribution is 5.78. The van der Waals surface area contributed by atoms with E-state index in [-0.39, 0.29) is 11.7 Å². The van der Waals surface area contributed by atoms with Crippen LogP contribution in [0.1, 0.15) is 12.6 Å². The highest BCUT2D eigenvalue weighted by Gasteiger charge is 2.36. The average Bonchev–Trinajstić information content (AvgIpc) is 2.39. The first-order chi connectivity index (χ1) is 9.69. The Hall–Kier alpha value is -1.76. The maximum Gasteiger partial charge on any atom is 0.234 e. The first-order valence-corrected chi connectivity index (χ1v) is 6.94. The molecule has 108 valence electrons. The lowest BCUT2D eigenvalue weighted by Crippen LogP contribution is -2.64. The van der Waals surface area contributed by atoms with Crippen molar-refractivity contribution in [2.75, 3.05) is 37.6 Å². The van der Waals surface area contributed by atoms with E-state index in [0.29, 0.717) is 50.2 Å². The van der Waals surface area contributed by atoms with Crippen LogP contribution in [0.5, 0.6) is 0 Å². The molecule has 3 rings (SSSR count). The van der Waals surface area contributed by atoms with Gasteiger partial charge in [-0.15, -0.1) is 0 Å². The van der Waals surface area contributed by atoms with E-state index in [0.717, 1.165) is 6.54 Å². The molecule has 2 saturated heterocycles. The average molecular weight is 279 g/mol. The van der Waals surface area contributed by atoms with Gasteiger partial charge < -0.3 is 10.2 Å². The number of halogens is 1. The number of nitrogens with zero attached hydrogens (tertiary/aromatic N) is 4. The maximum atomic E-state index is 14.1. The van der Waals surface area contributed by atoms with Crippen molar-refractivity contribution in [3.05, 3.63) is 17.8 Å². The molecule has 7 heteroatoms. The molecule has 0 aliphatic carbocycles. The Morgan fingerprint density at radius 3 is 2.95 bits per heavy atom. The Morgan fingerprint density at radius 2 is 2.25 bits per heavy atom. The summed E-state index contributed by atoms with van der Waals surface area (Å²) in [5.74, 6) is 0.135. The highest BCUT2D eigenvalue weighted by atomic mass is 19.1. The lowest BCUT2D eigenvalue weighted by molar-refractivity contribution is -0.125. The number of aromatic nitrogens is 2. The number of hydrogen-bond acceptors (Lipinski definition) is 5. The van der Waals surface area contributed by atoms with Crippen molar-refractivity contribution >= 4 is 11.7 Å². The van der Waals surface area contributed by atoms with Crippen LogP contribution in [0.2, 0.25) is 0 Å². The molecule has 20 heavy (non-hydrogen) atoms. The molecule has 0 spiro atoms. The summed E-state index contributed by atoms with van der Waals surface area (Å²) >= 11 is 0. The summed E-state index contributed by atoms with van der Waals surface area (Å²) in [4.78, 5) is 23.4. The van der Waals surface area contributed by atoms with Crippen molar-refractivity contribution in [1.82, 2.24) is 20.2 Å². The van der Waals surface area contributed by atoms with Crippen LogP contribution in [0, 0.1) is 5.82 Å². The summed E-state index contributed by atoms with van der Waals surface area (Å²) in [6.07, 6.45) is 1.98. The molecule has 0 unspecified atom stereocenters. The number of aryl methyl sites for hydroxylation is 1. The zero-order valence-corrected chi connectivity index (χ0v) is 11.5. The van der Waals surface area contributed by atoms with Gasteiger partial charge in [0.05, 0.1) is 12.2 Å². The van der Waals surface area contributed by atoms with Crippen molar-refractivity contribution in [1.29, 1.82) is 0 Å². The summed E-state index contributed by atoms with van der Waals surface area (Å²) in [6, 6.07) is 0.306. The Kier molecular flexibility index (Phi) is 3.52. The van der Waals surface area contributed by atoms with Crippen LogP contribution >= 0.6 is 0 Å². The molecule has 1 amide bonds. The predicted molar refractivity (Wildman–Crippen MR) is 72.0 cm³/mol. The standard InChI is InChI=1S/C13H18FN5O/c1-2-10-12(14)13(17-8-16-10)19-5-9(6-19)18-4-3-15-11(20)7-18/h8-9H,2-7H2,1H3,(H,15,20). The molecule has 2 fully saturated rings. The largest absolute Gasteiger partial charge is 0.354 e. The number of rotatable bonds is 3. The number of carbonyl (C=O) groups excluding carboxylic acids is 1. The second-order valence-corrected chi connectivity index (χ2v) is 5.19. The summed E-state index contributed by atoms with van der Waals surface area (Å²) < 4.78 is 14.1. The molecule has 1 N–H and O–H groups in total. The lowest BCUT2D eigenvalue weighted by atomic mass is 10.1. The fourth-order valence-electron chi connectivity index (χ4n) is 2.69. The molecule has 2 aliphatic rings. The molecule has 1 aromatic heterocycles. The Morgan fingerprint density at radius 1 is 1.45 bits per heavy atom. The van der Waals surface area contributed by atoms with Gasteiger partial charge in [0.1, 0.15) is 6.33 Å². The third kappa shape index (κ3) is 2.33. The third-order valence-corrected chi connectivity index (χ3v) is 3.92. The van der Waals surface area contributed by atoms with Crippen LogP contribution in [0.25, 0.3) is 0 Å². The van der Waals surface area contributed by atoms with Crippen LogP contribution < -0.4 is 10.2 Å². The van der Waals surface area contributed by atoms with E-state index < -0.39 is 0 Å². The molecule has 0 atom stereocenters. The second kappa shape index (κ2) is 5.32. The smallest absolute Gasteiger partial charge is 0.234 e. The van der Waals surface area contributed by atoms with E-state index in [4.69, 9.17) is 0 Å². The SMILES string of the molecule is CCc1ncnc(N2CC(N3CCNC(=O)C3)C2)c1F. The van der Waals surface area contributed by atoms with Gasteiger partial charge in [-0.3, -0.25) is 9.69 Å². The quantitative estimate of drug-likeness (QED) is 0.830. The molecular formula is C13H18FN5O. The fraction of sp³-hybridized carbons (Fsp3) is 0.615. The zero-order chi connectivity index (χ0) is 14.1. The van der Waals surface area contributed by atoms with Crippen molar-refractivity contribution in [2.45, 2.75) is 19.4 Å². The van der Waals surface area contributed by atoms with Crippen molar-refractivity contribution in [2.24, 2.45) is 0 Å². The normalized spacial score (nSPS) is 20.7. The highest BCUT2D eigenvalue weighted by Crippen LogP contribution is 2.25. The van der Waals surface area contributed by atoms with E-state index in [1.165, 1.54) is 6.33 Å². The Bertz CT molecular complexity index is 517. The Labute approximate surface area is 117 Å². The lowest BCUT2D eigenvalue weighted by Gasteiger charge is -2.46. The van der Waals surface area contributed by atoms with E-state index in [1.807, 2.05) is 11.8 Å². The number of carbonyl (C=O) groups is 1. The maximum absolute atomic E-state index is 14.1. The molecule has 1 aromatic rings. The fourth-order valence-corrected chi connectivity index (χ4v) is 2.69. The van der Waals surface area contributed by atoms with E-state index in [2.05, 4.69) is 20.2 Å². The second-order valence-electron chi connectivity index (χ2n) is 5.19. The van der Waals surface area contributed by atoms with E-state index in [9.17, 15) is 9.18 Å². The van der Waals surface area contributed by atoms with Crippen LogP contribution in [-0.4, -0.2) is 59.5 Å². The number of anilines is 1. The van der Waals surface area contributed by atoms with Crippen LogP contribution in [0.4, 0.5) is 10.2 Å². The van der Waals surface area contributed by atoms with Gasteiger partial charge in [-0.25, -0.2) is 14.4 Å². The van der Waals surface area contributed by atoms with Gasteiger partial charge in [-0.1, -0.05) is 6.92 Å². The summed E-state index contributed by atoms with van der Waals surface area (Å²) in [5.41, 5.74) is 0.454. The molecular weight excluding hydrogens is 261 g/mol. The van der Waals surface area contributed by atoms with Gasteiger partial charge in [0, 0.05) is 32.2 Å². The summed E-state index contributed by atoms with van der Waals surface area (Å²) in [5, 5.41) is 2.81. The van der Waals surface area contributed by atoms with Gasteiger partial charge >= 0.3 is 0 Å². The first-order valence-electron chi connectivity index (χ1n) is 6.94. The molecule has 0 bridgehead atoms. The third-order valence-electron chi connectivity index (χ3n) is 3.92. The minimum atomic E-state index is -0.315. The number of amides is 1. The van der Waals surface area contributed by atoms with Crippen LogP contribution in [0.3, 0.4) is 0 Å². The number of hydrogen-bond donors (Lipinski definition) is 1. The summed E-state index contributed by atoms with van der Waals surface area (Å²) in [7, 11) is 0. The first kappa shape index (κ1) is 13.2. The van der Waals surface area contributed by atoms with Crippen molar-refractivity contribution in [3.63, 3.8) is 0 Å². The van der Waals surface area contributed by atoms with Crippen LogP contribution in [0.15, 0.2) is 6.33 Å². The summed E-state index contributed by atoms with van der Waals surface area (Å²) in [6.45, 7) is 5.29. The molecule has 0 radical (unpaired) electrons. The topological polar surface area (TPSA) is 61.4 Å². The zero-order valence-electron chi connectivity index (χ0n) is 11.5. The van der Waals surface area contributed by atoms with Crippen molar-refractivity contribution in [3.8, 4) is 0 Å². The van der Waals surface area contributed by atoms with Gasteiger partial charge in [0.2, 0.25) is 5.91 Å². The molecule has 3 heterocycles. The van der Waals surface area contributed by atoms with Crippen molar-refractivity contribution < 1.29 is 9.18 Å². The molecule has 6 nitrogen and oxygen atoms in total. The number of piperazine rings is 1. The van der Waals surface area contributed by atoms with Gasteiger partial charge in [-0.2, -0.15) is 0 Å². The molecule has 0 aromatic carbocycles. The predicted octanol–water partition coefficient (Wildman–Crippen LogP) is -0.201. The van der Waals surface area contributed by atoms with Gasteiger partial charge in [-0.05, 0) is 6.42 Å². The van der Waals surface area contributed by atoms with Gasteiger partial charge in [0.15, 0.2) is 11.6 Å². The van der Waals surface area contributed by atoms with E-state index in [1.54, 1.807) is 0 Å². The minimum Gasteiger partial charge on any atom is -0.354 e. The Balaban J connectivity index is 1.64. The molecule has 2 aliphatic heterocycles. The molecule has 0 saturated carbocycles. The number of nitrogens with one attached hydrogen (secondary N) is 1. The van der Waals surface area contributed by atoms with Crippen LogP contribution in [-0.2, 0) is 11.2 Å². The van der Waals surface area contributed by atoms with E-state index >= 15 is 0 Å². The minimum absolute atomic E-state index is 0.0659.